The minimum atomic E-state index is 0.146. The lowest BCUT2D eigenvalue weighted by Gasteiger charge is -2.34. The quantitative estimate of drug-likeness (QED) is 0.860. The van der Waals surface area contributed by atoms with E-state index in [4.69, 9.17) is 4.74 Å². The first-order chi connectivity index (χ1) is 8.77. The largest absolute Gasteiger partial charge is 0.491 e. The first-order valence-electron chi connectivity index (χ1n) is 7.00. The van der Waals surface area contributed by atoms with Crippen LogP contribution in [0.3, 0.4) is 0 Å². The van der Waals surface area contributed by atoms with E-state index < -0.39 is 0 Å². The molecule has 0 saturated carbocycles. The molecular weight excluding hydrogens is 224 g/mol. The zero-order chi connectivity index (χ0) is 12.4. The van der Waals surface area contributed by atoms with Gasteiger partial charge in [0.05, 0.1) is 0 Å². The van der Waals surface area contributed by atoms with Gasteiger partial charge in [-0.25, -0.2) is 0 Å². The summed E-state index contributed by atoms with van der Waals surface area (Å²) < 4.78 is 6.09. The van der Waals surface area contributed by atoms with Gasteiger partial charge in [0.2, 0.25) is 0 Å². The second-order valence-electron chi connectivity index (χ2n) is 5.69. The van der Waals surface area contributed by atoms with E-state index in [0.717, 1.165) is 31.9 Å². The number of ether oxygens (including phenoxy) is 1. The predicted molar refractivity (Wildman–Crippen MR) is 74.4 cm³/mol. The van der Waals surface area contributed by atoms with Crippen molar-refractivity contribution in [3.8, 4) is 5.75 Å². The number of benzene rings is 1. The average molecular weight is 246 g/mol. The standard InChI is InChI=1S/C15H22N2O/c1-15(8-2-3-9-17-15)11-18-14-6-4-5-13-12(14)7-10-16-13/h4-6,16-17H,2-3,7-11H2,1H3. The van der Waals surface area contributed by atoms with Crippen LogP contribution in [-0.2, 0) is 6.42 Å². The van der Waals surface area contributed by atoms with Gasteiger partial charge in [-0.05, 0) is 44.9 Å². The van der Waals surface area contributed by atoms with Crippen LogP contribution in [0.25, 0.3) is 0 Å². The van der Waals surface area contributed by atoms with Crippen LogP contribution in [0.2, 0.25) is 0 Å². The molecule has 3 nitrogen and oxygen atoms in total. The lowest BCUT2D eigenvalue weighted by molar-refractivity contribution is 0.163. The topological polar surface area (TPSA) is 33.3 Å². The minimum absolute atomic E-state index is 0.146. The molecule has 0 aliphatic carbocycles. The number of rotatable bonds is 3. The van der Waals surface area contributed by atoms with Crippen molar-refractivity contribution in [2.75, 3.05) is 25.0 Å². The third-order valence-corrected chi connectivity index (χ3v) is 4.08. The Morgan fingerprint density at radius 2 is 2.22 bits per heavy atom. The lowest BCUT2D eigenvalue weighted by Crippen LogP contribution is -2.50. The van der Waals surface area contributed by atoms with Gasteiger partial charge in [0, 0.05) is 23.3 Å². The molecule has 0 bridgehead atoms. The lowest BCUT2D eigenvalue weighted by atomic mass is 9.92. The highest BCUT2D eigenvalue weighted by atomic mass is 16.5. The Morgan fingerprint density at radius 1 is 1.28 bits per heavy atom. The van der Waals surface area contributed by atoms with Gasteiger partial charge in [-0.1, -0.05) is 12.5 Å². The Labute approximate surface area is 109 Å². The summed E-state index contributed by atoms with van der Waals surface area (Å²) in [5, 5.41) is 6.99. The fourth-order valence-corrected chi connectivity index (χ4v) is 2.93. The van der Waals surface area contributed by atoms with Crippen molar-refractivity contribution in [2.45, 2.75) is 38.1 Å². The smallest absolute Gasteiger partial charge is 0.124 e. The second-order valence-corrected chi connectivity index (χ2v) is 5.69. The summed E-state index contributed by atoms with van der Waals surface area (Å²) in [6, 6.07) is 6.30. The maximum Gasteiger partial charge on any atom is 0.124 e. The molecule has 2 heterocycles. The number of hydrogen-bond acceptors (Lipinski definition) is 3. The number of piperidine rings is 1. The van der Waals surface area contributed by atoms with E-state index in [1.807, 2.05) is 0 Å². The number of fused-ring (bicyclic) bond motifs is 1. The Bertz CT molecular complexity index is 425. The van der Waals surface area contributed by atoms with Crippen LogP contribution < -0.4 is 15.4 Å². The van der Waals surface area contributed by atoms with Crippen LogP contribution in [0.4, 0.5) is 5.69 Å². The van der Waals surface area contributed by atoms with E-state index in [1.165, 1.54) is 30.5 Å². The molecular formula is C15H22N2O. The van der Waals surface area contributed by atoms with Crippen molar-refractivity contribution in [1.29, 1.82) is 0 Å². The molecule has 98 valence electrons. The number of hydrogen-bond donors (Lipinski definition) is 2. The minimum Gasteiger partial charge on any atom is -0.491 e. The summed E-state index contributed by atoms with van der Waals surface area (Å²) in [4.78, 5) is 0. The molecule has 1 aromatic carbocycles. The van der Waals surface area contributed by atoms with Gasteiger partial charge in [0.1, 0.15) is 12.4 Å². The zero-order valence-corrected chi connectivity index (χ0v) is 11.1. The maximum absolute atomic E-state index is 6.09. The molecule has 0 spiro atoms. The van der Waals surface area contributed by atoms with Crippen molar-refractivity contribution in [3.63, 3.8) is 0 Å². The van der Waals surface area contributed by atoms with Crippen LogP contribution in [-0.4, -0.2) is 25.2 Å². The third-order valence-electron chi connectivity index (χ3n) is 4.08. The highest BCUT2D eigenvalue weighted by Gasteiger charge is 2.27. The molecule has 2 N–H and O–H groups in total. The molecule has 0 aromatic heterocycles. The Morgan fingerprint density at radius 3 is 3.06 bits per heavy atom. The van der Waals surface area contributed by atoms with Crippen molar-refractivity contribution >= 4 is 5.69 Å². The predicted octanol–water partition coefficient (Wildman–Crippen LogP) is 2.57. The molecule has 18 heavy (non-hydrogen) atoms. The molecule has 3 heteroatoms. The molecule has 1 fully saturated rings. The van der Waals surface area contributed by atoms with Gasteiger partial charge >= 0.3 is 0 Å². The number of anilines is 1. The molecule has 1 saturated heterocycles. The van der Waals surface area contributed by atoms with E-state index in [9.17, 15) is 0 Å². The Kier molecular flexibility index (Phi) is 3.16. The summed E-state index contributed by atoms with van der Waals surface area (Å²) in [5.74, 6) is 1.06. The second kappa shape index (κ2) is 4.81. The fraction of sp³-hybridized carbons (Fsp3) is 0.600. The van der Waals surface area contributed by atoms with E-state index in [1.54, 1.807) is 0 Å². The maximum atomic E-state index is 6.09. The van der Waals surface area contributed by atoms with Gasteiger partial charge in [-0.15, -0.1) is 0 Å². The van der Waals surface area contributed by atoms with Crippen molar-refractivity contribution in [1.82, 2.24) is 5.32 Å². The van der Waals surface area contributed by atoms with Crippen LogP contribution in [0.1, 0.15) is 31.7 Å². The summed E-state index contributed by atoms with van der Waals surface area (Å²) in [6.07, 6.45) is 4.89. The molecule has 1 atom stereocenters. The molecule has 3 rings (SSSR count). The molecule has 0 amide bonds. The summed E-state index contributed by atoms with van der Waals surface area (Å²) >= 11 is 0. The van der Waals surface area contributed by atoms with Crippen molar-refractivity contribution < 1.29 is 4.74 Å². The van der Waals surface area contributed by atoms with Crippen molar-refractivity contribution in [2.24, 2.45) is 0 Å². The zero-order valence-electron chi connectivity index (χ0n) is 11.1. The first-order valence-corrected chi connectivity index (χ1v) is 7.00. The van der Waals surface area contributed by atoms with E-state index in [2.05, 4.69) is 35.8 Å². The monoisotopic (exact) mass is 246 g/mol. The van der Waals surface area contributed by atoms with Gasteiger partial charge in [-0.2, -0.15) is 0 Å². The first kappa shape index (κ1) is 11.8. The SMILES string of the molecule is CC1(COc2cccc3c2CCN3)CCCCN1. The number of nitrogens with one attached hydrogen (secondary N) is 2. The van der Waals surface area contributed by atoms with Crippen LogP contribution in [0.5, 0.6) is 5.75 Å². The van der Waals surface area contributed by atoms with Gasteiger partial charge < -0.3 is 15.4 Å². The van der Waals surface area contributed by atoms with Gasteiger partial charge in [-0.3, -0.25) is 0 Å². The van der Waals surface area contributed by atoms with Gasteiger partial charge in [0.15, 0.2) is 0 Å². The normalized spacial score (nSPS) is 26.5. The Hall–Kier alpha value is -1.22. The highest BCUT2D eigenvalue weighted by molar-refractivity contribution is 5.61. The van der Waals surface area contributed by atoms with Crippen LogP contribution in [0.15, 0.2) is 18.2 Å². The van der Waals surface area contributed by atoms with E-state index in [-0.39, 0.29) is 5.54 Å². The van der Waals surface area contributed by atoms with Gasteiger partial charge in [0.25, 0.3) is 0 Å². The average Bonchev–Trinajstić information content (AvgIpc) is 2.86. The van der Waals surface area contributed by atoms with Crippen LogP contribution in [0, 0.1) is 0 Å². The molecule has 0 radical (unpaired) electrons. The summed E-state index contributed by atoms with van der Waals surface area (Å²) in [5.41, 5.74) is 2.73. The highest BCUT2D eigenvalue weighted by Crippen LogP contribution is 2.31. The van der Waals surface area contributed by atoms with Crippen LogP contribution >= 0.6 is 0 Å². The third kappa shape index (κ3) is 2.32. The van der Waals surface area contributed by atoms with E-state index >= 15 is 0 Å². The molecule has 1 aromatic rings. The molecule has 2 aliphatic rings. The van der Waals surface area contributed by atoms with Crippen molar-refractivity contribution in [3.05, 3.63) is 23.8 Å². The molecule has 1 unspecified atom stereocenters. The summed E-state index contributed by atoms with van der Waals surface area (Å²) in [7, 11) is 0. The van der Waals surface area contributed by atoms with E-state index in [0.29, 0.717) is 0 Å². The fourth-order valence-electron chi connectivity index (χ4n) is 2.93. The molecule has 2 aliphatic heterocycles. The Balaban J connectivity index is 1.68. The summed E-state index contributed by atoms with van der Waals surface area (Å²) in [6.45, 7) is 5.19.